The molecule has 1 amide bonds. The van der Waals surface area contributed by atoms with Gasteiger partial charge in [-0.15, -0.1) is 0 Å². The first kappa shape index (κ1) is 13.7. The number of amides is 1. The Kier molecular flexibility index (Phi) is 4.70. The van der Waals surface area contributed by atoms with Crippen molar-refractivity contribution in [2.45, 2.75) is 40.2 Å². The van der Waals surface area contributed by atoms with Crippen LogP contribution in [0.3, 0.4) is 0 Å². The molecule has 94 valence electrons. The second-order valence-corrected chi connectivity index (χ2v) is 5.10. The number of anilines is 1. The molecule has 0 aromatic heterocycles. The van der Waals surface area contributed by atoms with Crippen LogP contribution in [0.5, 0.6) is 0 Å². The third kappa shape index (κ3) is 4.57. The fraction of sp³-hybridized carbons (Fsp3) is 0.500. The molecule has 0 aliphatic heterocycles. The predicted octanol–water partition coefficient (Wildman–Crippen LogP) is 2.62. The fourth-order valence-electron chi connectivity index (χ4n) is 1.90. The van der Waals surface area contributed by atoms with Crippen molar-refractivity contribution in [1.82, 2.24) is 0 Å². The number of aryl methyl sites for hydroxylation is 2. The highest BCUT2D eigenvalue weighted by molar-refractivity contribution is 5.94. The van der Waals surface area contributed by atoms with E-state index < -0.39 is 6.04 Å². The summed E-state index contributed by atoms with van der Waals surface area (Å²) >= 11 is 0. The molecule has 3 N–H and O–H groups in total. The number of nitrogens with one attached hydrogen (secondary N) is 1. The number of hydrogen-bond acceptors (Lipinski definition) is 2. The average molecular weight is 234 g/mol. The average Bonchev–Trinajstić information content (AvgIpc) is 2.14. The zero-order valence-corrected chi connectivity index (χ0v) is 11.1. The summed E-state index contributed by atoms with van der Waals surface area (Å²) in [6, 6.07) is 5.54. The maximum Gasteiger partial charge on any atom is 0.241 e. The second-order valence-electron chi connectivity index (χ2n) is 5.10. The third-order valence-electron chi connectivity index (χ3n) is 2.55. The van der Waals surface area contributed by atoms with Crippen LogP contribution in [0.1, 0.15) is 31.4 Å². The Hall–Kier alpha value is -1.35. The van der Waals surface area contributed by atoms with Gasteiger partial charge in [-0.3, -0.25) is 4.79 Å². The maximum atomic E-state index is 11.8. The molecule has 0 heterocycles. The van der Waals surface area contributed by atoms with E-state index in [4.69, 9.17) is 5.73 Å². The van der Waals surface area contributed by atoms with E-state index in [1.165, 1.54) is 0 Å². The van der Waals surface area contributed by atoms with Crippen molar-refractivity contribution < 1.29 is 4.79 Å². The smallest absolute Gasteiger partial charge is 0.241 e. The molecule has 1 aromatic rings. The van der Waals surface area contributed by atoms with Crippen LogP contribution < -0.4 is 11.1 Å². The highest BCUT2D eigenvalue weighted by Crippen LogP contribution is 2.14. The van der Waals surface area contributed by atoms with Gasteiger partial charge in [-0.25, -0.2) is 0 Å². The third-order valence-corrected chi connectivity index (χ3v) is 2.55. The molecule has 0 saturated heterocycles. The van der Waals surface area contributed by atoms with Crippen LogP contribution in [0.15, 0.2) is 18.2 Å². The molecule has 3 heteroatoms. The number of hydrogen-bond donors (Lipinski definition) is 2. The van der Waals surface area contributed by atoms with Crippen molar-refractivity contribution in [2.24, 2.45) is 11.7 Å². The van der Waals surface area contributed by atoms with E-state index in [0.717, 1.165) is 16.8 Å². The Morgan fingerprint density at radius 2 is 1.76 bits per heavy atom. The summed E-state index contributed by atoms with van der Waals surface area (Å²) in [7, 11) is 0. The van der Waals surface area contributed by atoms with Gasteiger partial charge in [0.15, 0.2) is 0 Å². The molecular formula is C14H22N2O. The van der Waals surface area contributed by atoms with Crippen LogP contribution >= 0.6 is 0 Å². The Bertz CT molecular complexity index is 379. The van der Waals surface area contributed by atoms with Crippen LogP contribution in [0, 0.1) is 19.8 Å². The molecule has 0 fully saturated rings. The highest BCUT2D eigenvalue weighted by atomic mass is 16.2. The van der Waals surface area contributed by atoms with Crippen molar-refractivity contribution in [3.05, 3.63) is 29.3 Å². The number of rotatable bonds is 4. The van der Waals surface area contributed by atoms with E-state index in [1.807, 2.05) is 26.0 Å². The van der Waals surface area contributed by atoms with Gasteiger partial charge in [-0.2, -0.15) is 0 Å². The van der Waals surface area contributed by atoms with Crippen molar-refractivity contribution >= 4 is 11.6 Å². The molecule has 0 saturated carbocycles. The van der Waals surface area contributed by atoms with Crippen LogP contribution in [0.4, 0.5) is 5.69 Å². The SMILES string of the molecule is Cc1cc(C)cc(NC(=O)C(N)CC(C)C)c1. The van der Waals surface area contributed by atoms with Crippen LogP contribution in [-0.4, -0.2) is 11.9 Å². The summed E-state index contributed by atoms with van der Waals surface area (Å²) < 4.78 is 0. The van der Waals surface area contributed by atoms with Crippen molar-refractivity contribution in [3.63, 3.8) is 0 Å². The lowest BCUT2D eigenvalue weighted by atomic mass is 10.0. The van der Waals surface area contributed by atoms with Crippen molar-refractivity contribution in [3.8, 4) is 0 Å². The Labute approximate surface area is 103 Å². The minimum absolute atomic E-state index is 0.108. The van der Waals surface area contributed by atoms with E-state index >= 15 is 0 Å². The Balaban J connectivity index is 2.67. The van der Waals surface area contributed by atoms with Crippen LogP contribution in [-0.2, 0) is 4.79 Å². The molecule has 0 aliphatic rings. The number of nitrogens with two attached hydrogens (primary N) is 1. The molecule has 0 aliphatic carbocycles. The summed E-state index contributed by atoms with van der Waals surface area (Å²) in [6.45, 7) is 8.14. The first-order valence-electron chi connectivity index (χ1n) is 6.03. The summed E-state index contributed by atoms with van der Waals surface area (Å²) in [5, 5.41) is 2.86. The Morgan fingerprint density at radius 1 is 1.24 bits per heavy atom. The molecule has 0 bridgehead atoms. The van der Waals surface area contributed by atoms with E-state index in [1.54, 1.807) is 0 Å². The zero-order chi connectivity index (χ0) is 13.0. The van der Waals surface area contributed by atoms with Gasteiger partial charge in [-0.05, 0) is 49.4 Å². The normalized spacial score (nSPS) is 12.6. The van der Waals surface area contributed by atoms with Gasteiger partial charge >= 0.3 is 0 Å². The van der Waals surface area contributed by atoms with Crippen LogP contribution in [0.2, 0.25) is 0 Å². The van der Waals surface area contributed by atoms with Gasteiger partial charge in [0.05, 0.1) is 6.04 Å². The minimum Gasteiger partial charge on any atom is -0.325 e. The fourth-order valence-corrected chi connectivity index (χ4v) is 1.90. The van der Waals surface area contributed by atoms with Gasteiger partial charge in [0.1, 0.15) is 0 Å². The lowest BCUT2D eigenvalue weighted by Gasteiger charge is -2.14. The summed E-state index contributed by atoms with van der Waals surface area (Å²) in [5.41, 5.74) is 8.93. The summed E-state index contributed by atoms with van der Waals surface area (Å²) in [4.78, 5) is 11.8. The quantitative estimate of drug-likeness (QED) is 0.841. The molecule has 1 atom stereocenters. The monoisotopic (exact) mass is 234 g/mol. The lowest BCUT2D eigenvalue weighted by molar-refractivity contribution is -0.117. The maximum absolute atomic E-state index is 11.8. The highest BCUT2D eigenvalue weighted by Gasteiger charge is 2.15. The number of carbonyl (C=O) groups is 1. The van der Waals surface area contributed by atoms with Crippen molar-refractivity contribution in [1.29, 1.82) is 0 Å². The van der Waals surface area contributed by atoms with Gasteiger partial charge in [0.25, 0.3) is 0 Å². The lowest BCUT2D eigenvalue weighted by Crippen LogP contribution is -2.36. The zero-order valence-electron chi connectivity index (χ0n) is 11.1. The molecule has 17 heavy (non-hydrogen) atoms. The van der Waals surface area contributed by atoms with Gasteiger partial charge in [0, 0.05) is 5.69 Å². The van der Waals surface area contributed by atoms with E-state index in [2.05, 4.69) is 25.2 Å². The second kappa shape index (κ2) is 5.82. The molecule has 1 rings (SSSR count). The minimum atomic E-state index is -0.434. The first-order chi connectivity index (χ1) is 7.88. The first-order valence-corrected chi connectivity index (χ1v) is 6.03. The topological polar surface area (TPSA) is 55.1 Å². The predicted molar refractivity (Wildman–Crippen MR) is 72.0 cm³/mol. The molecule has 3 nitrogen and oxygen atoms in total. The summed E-state index contributed by atoms with van der Waals surface area (Å²) in [5.74, 6) is 0.318. The number of carbonyl (C=O) groups excluding carboxylic acids is 1. The van der Waals surface area contributed by atoms with E-state index in [-0.39, 0.29) is 5.91 Å². The van der Waals surface area contributed by atoms with Gasteiger partial charge in [0.2, 0.25) is 5.91 Å². The molecule has 1 aromatic carbocycles. The Morgan fingerprint density at radius 3 is 2.24 bits per heavy atom. The molecular weight excluding hydrogens is 212 g/mol. The van der Waals surface area contributed by atoms with Gasteiger partial charge < -0.3 is 11.1 Å². The van der Waals surface area contributed by atoms with Gasteiger partial charge in [-0.1, -0.05) is 19.9 Å². The largest absolute Gasteiger partial charge is 0.325 e. The van der Waals surface area contributed by atoms with Crippen LogP contribution in [0.25, 0.3) is 0 Å². The van der Waals surface area contributed by atoms with Crippen molar-refractivity contribution in [2.75, 3.05) is 5.32 Å². The molecule has 0 spiro atoms. The van der Waals surface area contributed by atoms with E-state index in [0.29, 0.717) is 12.3 Å². The van der Waals surface area contributed by atoms with E-state index in [9.17, 15) is 4.79 Å². The molecule has 0 radical (unpaired) electrons. The summed E-state index contributed by atoms with van der Waals surface area (Å²) in [6.07, 6.45) is 0.705. The standard InChI is InChI=1S/C14H22N2O/c1-9(2)5-13(15)14(17)16-12-7-10(3)6-11(4)8-12/h6-9,13H,5,15H2,1-4H3,(H,16,17). The number of benzene rings is 1. The molecule has 1 unspecified atom stereocenters.